The predicted octanol–water partition coefficient (Wildman–Crippen LogP) is -0.404. The third-order valence-corrected chi connectivity index (χ3v) is 4.41. The number of esters is 2. The summed E-state index contributed by atoms with van der Waals surface area (Å²) in [5.74, 6) is -2.99. The van der Waals surface area contributed by atoms with Gasteiger partial charge < -0.3 is 40.7 Å². The zero-order chi connectivity index (χ0) is 29.5. The number of ether oxygens (including phenoxy) is 2. The summed E-state index contributed by atoms with van der Waals surface area (Å²) in [5.41, 5.74) is 5.78. The lowest BCUT2D eigenvalue weighted by Gasteiger charge is -2.37. The molecule has 0 radical (unpaired) electrons. The van der Waals surface area contributed by atoms with Crippen molar-refractivity contribution in [1.82, 2.24) is 0 Å². The first-order valence-electron chi connectivity index (χ1n) is 11.7. The molecule has 10 heteroatoms. The molecule has 0 amide bonds. The van der Waals surface area contributed by atoms with Crippen LogP contribution in [0.1, 0.15) is 67.2 Å². The number of carbonyl (C=O) groups is 4. The van der Waals surface area contributed by atoms with Crippen molar-refractivity contribution in [1.29, 1.82) is 0 Å². The molecule has 10 nitrogen and oxygen atoms in total. The van der Waals surface area contributed by atoms with Crippen LogP contribution in [0.3, 0.4) is 0 Å². The molecule has 0 bridgehead atoms. The highest BCUT2D eigenvalue weighted by Crippen LogP contribution is 2.38. The molecule has 1 unspecified atom stereocenters. The molecule has 0 aromatic rings. The van der Waals surface area contributed by atoms with E-state index in [0.29, 0.717) is 31.7 Å². The molecule has 1 atom stereocenters. The summed E-state index contributed by atoms with van der Waals surface area (Å²) in [6, 6.07) is 0. The Labute approximate surface area is 216 Å². The molecule has 0 saturated heterocycles. The van der Waals surface area contributed by atoms with Crippen molar-refractivity contribution in [2.75, 3.05) is 26.3 Å². The summed E-state index contributed by atoms with van der Waals surface area (Å²) >= 11 is 0. The van der Waals surface area contributed by atoms with Gasteiger partial charge in [0, 0.05) is 17.0 Å². The Hall–Kier alpha value is -2.98. The van der Waals surface area contributed by atoms with Gasteiger partial charge in [0.2, 0.25) is 0 Å². The highest BCUT2D eigenvalue weighted by molar-refractivity contribution is 5.86. The summed E-state index contributed by atoms with van der Waals surface area (Å²) in [6.45, 7) is 24.3. The average molecular weight is 517 g/mol. The minimum absolute atomic E-state index is 0.0648. The minimum Gasteiger partial charge on any atom is -0.550 e. The van der Waals surface area contributed by atoms with Crippen LogP contribution in [0, 0.1) is 10.8 Å². The molecule has 36 heavy (non-hydrogen) atoms. The van der Waals surface area contributed by atoms with Crippen LogP contribution in [-0.2, 0) is 28.7 Å². The fourth-order valence-corrected chi connectivity index (χ4v) is 2.53. The Balaban J connectivity index is -0.000000248. The van der Waals surface area contributed by atoms with Crippen LogP contribution in [0.2, 0.25) is 0 Å². The maximum absolute atomic E-state index is 11.9. The molecule has 0 aromatic heterocycles. The molecule has 6 N–H and O–H groups in total. The number of rotatable bonds is 13. The lowest BCUT2D eigenvalue weighted by molar-refractivity contribution is -0.373. The first-order chi connectivity index (χ1) is 16.5. The van der Waals surface area contributed by atoms with Crippen molar-refractivity contribution < 1.29 is 50.3 Å². The van der Waals surface area contributed by atoms with E-state index in [1.807, 2.05) is 6.92 Å². The van der Waals surface area contributed by atoms with Crippen molar-refractivity contribution >= 4 is 23.9 Å². The summed E-state index contributed by atoms with van der Waals surface area (Å²) in [5, 5.41) is 20.9. The number of carbonyl (C=O) groups excluding carboxylic acids is 4. The van der Waals surface area contributed by atoms with E-state index in [2.05, 4.69) is 42.5 Å². The zero-order valence-corrected chi connectivity index (χ0v) is 23.2. The van der Waals surface area contributed by atoms with Gasteiger partial charge in [-0.25, -0.2) is 4.79 Å². The highest BCUT2D eigenvalue weighted by Gasteiger charge is 2.39. The van der Waals surface area contributed by atoms with Crippen LogP contribution >= 0.6 is 0 Å². The quantitative estimate of drug-likeness (QED) is 0.188. The van der Waals surface area contributed by atoms with Crippen molar-refractivity contribution in [3.63, 3.8) is 0 Å². The van der Waals surface area contributed by atoms with Gasteiger partial charge in [-0.2, -0.15) is 0 Å². The van der Waals surface area contributed by atoms with Crippen molar-refractivity contribution in [3.8, 4) is 0 Å². The molecule has 210 valence electrons. The second kappa shape index (κ2) is 22.5. The number of carboxylic acids is 2. The number of quaternary nitrogens is 2. The lowest BCUT2D eigenvalue weighted by atomic mass is 9.71. The number of aliphatic carboxylic acids is 2. The lowest BCUT2D eigenvalue weighted by Crippen LogP contribution is -2.53. The van der Waals surface area contributed by atoms with E-state index in [1.165, 1.54) is 6.92 Å². The van der Waals surface area contributed by atoms with Crippen LogP contribution in [0.15, 0.2) is 37.5 Å². The van der Waals surface area contributed by atoms with Crippen LogP contribution in [0.5, 0.6) is 0 Å². The van der Waals surface area contributed by atoms with E-state index in [4.69, 9.17) is 4.74 Å². The average Bonchev–Trinajstić information content (AvgIpc) is 2.81. The Bertz CT molecular complexity index is 692. The van der Waals surface area contributed by atoms with Gasteiger partial charge in [-0.1, -0.05) is 39.8 Å². The number of carboxylic acid groups (broad SMARTS) is 2. The second-order valence-corrected chi connectivity index (χ2v) is 8.84. The van der Waals surface area contributed by atoms with E-state index in [0.717, 1.165) is 12.8 Å². The topological polar surface area (TPSA) is 188 Å². The smallest absolute Gasteiger partial charge is 0.333 e. The number of hydrogen-bond acceptors (Lipinski definition) is 8. The van der Waals surface area contributed by atoms with Crippen LogP contribution < -0.4 is 21.7 Å². The van der Waals surface area contributed by atoms with Crippen LogP contribution in [0.4, 0.5) is 0 Å². The molecular weight excluding hydrogens is 468 g/mol. The summed E-state index contributed by atoms with van der Waals surface area (Å²) < 4.78 is 9.72. The van der Waals surface area contributed by atoms with Gasteiger partial charge in [-0.3, -0.25) is 4.79 Å². The Kier molecular flexibility index (Phi) is 25.1. The van der Waals surface area contributed by atoms with Gasteiger partial charge in [-0.05, 0) is 46.1 Å². The van der Waals surface area contributed by atoms with Crippen molar-refractivity contribution in [2.45, 2.75) is 67.2 Å². The minimum atomic E-state index is -1.19. The third-order valence-electron chi connectivity index (χ3n) is 4.41. The van der Waals surface area contributed by atoms with Gasteiger partial charge in [0.05, 0.1) is 11.4 Å². The Morgan fingerprint density at radius 2 is 1.28 bits per heavy atom. The van der Waals surface area contributed by atoms with Gasteiger partial charge in [0.25, 0.3) is 0 Å². The largest absolute Gasteiger partial charge is 0.550 e. The van der Waals surface area contributed by atoms with Crippen LogP contribution in [0.25, 0.3) is 0 Å². The summed E-state index contributed by atoms with van der Waals surface area (Å²) in [6.07, 6.45) is 2.44. The molecule has 0 spiro atoms. The number of hydrogen-bond donors (Lipinski definition) is 2. The monoisotopic (exact) mass is 516 g/mol. The van der Waals surface area contributed by atoms with E-state index < -0.39 is 22.8 Å². The first-order valence-corrected chi connectivity index (χ1v) is 11.7. The molecular formula is C26H48N2O8. The molecule has 0 aliphatic carbocycles. The van der Waals surface area contributed by atoms with Gasteiger partial charge in [-0.15, -0.1) is 13.2 Å². The maximum atomic E-state index is 11.9. The molecule has 0 heterocycles. The maximum Gasteiger partial charge on any atom is 0.333 e. The fraction of sp³-hybridized carbons (Fsp3) is 0.615. The standard InChI is InChI=1S/C14H27NO4.C6H11NO2.C4H6O2.C2H4/c1-5-6-7-14(4,11(16)17)10-13(2,3)12(18)19-9-8-15;1-5(2)6(8)9-4-3-7;1-3(2)4(5)6;1-2/h5-10,15H2,1-4H3,(H,16,17);1,3-4,7H2,2H3;1H2,2H3,(H,5,6);1-2H2. The SMILES string of the molecule is C=C.C=C(C)C(=O)OCC[NH3+].C=C(C)C(=O)[O-].CCCCC(C)(CC(C)(C)C(=O)OCC[NH3+])C(=O)[O-]. The van der Waals surface area contributed by atoms with E-state index in [1.54, 1.807) is 27.7 Å². The second-order valence-electron chi connectivity index (χ2n) is 8.84. The van der Waals surface area contributed by atoms with Crippen LogP contribution in [-0.4, -0.2) is 50.2 Å². The van der Waals surface area contributed by atoms with Crippen molar-refractivity contribution in [3.05, 3.63) is 37.5 Å². The van der Waals surface area contributed by atoms with Crippen molar-refractivity contribution in [2.24, 2.45) is 10.8 Å². The fourth-order valence-electron chi connectivity index (χ4n) is 2.53. The molecule has 0 aliphatic heterocycles. The highest BCUT2D eigenvalue weighted by atomic mass is 16.5. The van der Waals surface area contributed by atoms with E-state index >= 15 is 0 Å². The molecule has 0 aliphatic rings. The third kappa shape index (κ3) is 21.5. The Morgan fingerprint density at radius 1 is 0.861 bits per heavy atom. The molecule has 0 saturated carbocycles. The summed E-state index contributed by atoms with van der Waals surface area (Å²) in [4.78, 5) is 43.3. The van der Waals surface area contributed by atoms with E-state index in [9.17, 15) is 29.4 Å². The molecule has 0 fully saturated rings. The summed E-state index contributed by atoms with van der Waals surface area (Å²) in [7, 11) is 0. The zero-order valence-electron chi connectivity index (χ0n) is 23.2. The first kappa shape index (κ1) is 40.2. The van der Waals surface area contributed by atoms with Gasteiger partial charge in [0.1, 0.15) is 26.3 Å². The van der Waals surface area contributed by atoms with E-state index in [-0.39, 0.29) is 30.5 Å². The normalized spacial score (nSPS) is 11.3. The number of unbranched alkanes of at least 4 members (excludes halogenated alkanes) is 1. The predicted molar refractivity (Wildman–Crippen MR) is 134 cm³/mol. The Morgan fingerprint density at radius 3 is 1.58 bits per heavy atom. The van der Waals surface area contributed by atoms with Gasteiger partial charge >= 0.3 is 11.9 Å². The molecule has 0 aromatic carbocycles. The molecule has 0 rings (SSSR count). The van der Waals surface area contributed by atoms with Gasteiger partial charge in [0.15, 0.2) is 0 Å².